The fourth-order valence-electron chi connectivity index (χ4n) is 4.04. The molecule has 6 nitrogen and oxygen atoms in total. The first-order chi connectivity index (χ1) is 13.4. The molecule has 0 bridgehead atoms. The van der Waals surface area contributed by atoms with Crippen LogP contribution < -0.4 is 15.4 Å². The van der Waals surface area contributed by atoms with Gasteiger partial charge in [-0.05, 0) is 55.5 Å². The molecule has 2 N–H and O–H groups in total. The molecule has 8 heteroatoms. The normalized spacial score (nSPS) is 23.2. The lowest BCUT2D eigenvalue weighted by Crippen LogP contribution is -2.41. The quantitative estimate of drug-likeness (QED) is 0.788. The van der Waals surface area contributed by atoms with Gasteiger partial charge in [0.15, 0.2) is 0 Å². The molecule has 1 spiro atoms. The molecule has 2 heterocycles. The molecule has 1 aromatic heterocycles. The van der Waals surface area contributed by atoms with Crippen LogP contribution in [0.5, 0.6) is 5.88 Å². The van der Waals surface area contributed by atoms with Crippen LogP contribution in [0.15, 0.2) is 30.5 Å². The van der Waals surface area contributed by atoms with Gasteiger partial charge in [0.05, 0.1) is 10.4 Å². The van der Waals surface area contributed by atoms with E-state index in [0.717, 1.165) is 11.3 Å². The summed E-state index contributed by atoms with van der Waals surface area (Å²) in [5.41, 5.74) is 1.59. The molecule has 2 amide bonds. The number of halogens is 2. The molecular formula is C20H19Cl2N3O3. The van der Waals surface area contributed by atoms with Crippen molar-refractivity contribution in [3.05, 3.63) is 51.6 Å². The van der Waals surface area contributed by atoms with E-state index in [9.17, 15) is 9.59 Å². The van der Waals surface area contributed by atoms with Crippen LogP contribution in [0.3, 0.4) is 0 Å². The molecule has 146 valence electrons. The van der Waals surface area contributed by atoms with Gasteiger partial charge in [-0.3, -0.25) is 9.59 Å². The van der Waals surface area contributed by atoms with E-state index < -0.39 is 5.41 Å². The Kier molecular flexibility index (Phi) is 4.93. The van der Waals surface area contributed by atoms with Crippen LogP contribution in [-0.2, 0) is 10.2 Å². The smallest absolute Gasteiger partial charge is 0.251 e. The molecule has 0 radical (unpaired) electrons. The molecule has 1 aliphatic carbocycles. The van der Waals surface area contributed by atoms with Gasteiger partial charge in [-0.2, -0.15) is 0 Å². The van der Waals surface area contributed by atoms with Gasteiger partial charge in [-0.1, -0.05) is 23.2 Å². The molecule has 0 saturated heterocycles. The highest BCUT2D eigenvalue weighted by Gasteiger charge is 2.49. The van der Waals surface area contributed by atoms with Gasteiger partial charge in [0.2, 0.25) is 11.8 Å². The number of rotatable bonds is 3. The third kappa shape index (κ3) is 3.20. The Bertz CT molecular complexity index is 956. The molecule has 2 aliphatic rings. The van der Waals surface area contributed by atoms with E-state index >= 15 is 0 Å². The molecule has 1 saturated carbocycles. The number of amides is 2. The first kappa shape index (κ1) is 19.0. The number of aromatic nitrogens is 1. The second kappa shape index (κ2) is 7.26. The number of ether oxygens (including phenoxy) is 1. The number of pyridine rings is 1. The lowest BCUT2D eigenvalue weighted by atomic mass is 9.69. The van der Waals surface area contributed by atoms with E-state index in [2.05, 4.69) is 15.6 Å². The zero-order chi connectivity index (χ0) is 19.9. The molecule has 2 aromatic rings. The molecule has 1 fully saturated rings. The van der Waals surface area contributed by atoms with Gasteiger partial charge in [-0.25, -0.2) is 4.98 Å². The van der Waals surface area contributed by atoms with Gasteiger partial charge in [0, 0.05) is 24.5 Å². The SMILES string of the molecule is CNC(=O)c1ccc2c(c1)C1(CCC(Oc3ncc(Cl)cc3Cl)CC1)C(=O)N2. The van der Waals surface area contributed by atoms with E-state index in [0.29, 0.717) is 47.2 Å². The van der Waals surface area contributed by atoms with Crippen LogP contribution in [0.25, 0.3) is 0 Å². The van der Waals surface area contributed by atoms with Gasteiger partial charge >= 0.3 is 0 Å². The standard InChI is InChI=1S/C20H19Cl2N3O3/c1-23-17(26)11-2-3-16-14(8-11)20(19(27)25-16)6-4-13(5-7-20)28-18-15(22)9-12(21)10-24-18/h2-3,8-10,13H,4-7H2,1H3,(H,23,26)(H,25,27). The van der Waals surface area contributed by atoms with Crippen molar-refractivity contribution in [1.29, 1.82) is 0 Å². The van der Waals surface area contributed by atoms with Crippen LogP contribution in [0.2, 0.25) is 10.0 Å². The molecule has 28 heavy (non-hydrogen) atoms. The Morgan fingerprint density at radius 3 is 2.71 bits per heavy atom. The van der Waals surface area contributed by atoms with E-state index in [1.54, 1.807) is 25.2 Å². The Morgan fingerprint density at radius 2 is 2.04 bits per heavy atom. The van der Waals surface area contributed by atoms with Crippen LogP contribution >= 0.6 is 23.2 Å². The lowest BCUT2D eigenvalue weighted by Gasteiger charge is -2.35. The number of benzene rings is 1. The topological polar surface area (TPSA) is 80.3 Å². The van der Waals surface area contributed by atoms with Crippen molar-refractivity contribution in [2.45, 2.75) is 37.2 Å². The summed E-state index contributed by atoms with van der Waals surface area (Å²) in [5.74, 6) is 0.167. The Labute approximate surface area is 172 Å². The van der Waals surface area contributed by atoms with Gasteiger partial charge in [0.1, 0.15) is 11.1 Å². The second-order valence-corrected chi connectivity index (χ2v) is 7.98. The summed E-state index contributed by atoms with van der Waals surface area (Å²) in [6.07, 6.45) is 4.01. The Morgan fingerprint density at radius 1 is 1.29 bits per heavy atom. The van der Waals surface area contributed by atoms with Crippen molar-refractivity contribution >= 4 is 40.7 Å². The minimum atomic E-state index is -0.629. The fourth-order valence-corrected chi connectivity index (χ4v) is 4.47. The highest BCUT2D eigenvalue weighted by Crippen LogP contribution is 2.48. The van der Waals surface area contributed by atoms with Gasteiger partial charge in [0.25, 0.3) is 5.91 Å². The average molecular weight is 420 g/mol. The van der Waals surface area contributed by atoms with Crippen molar-refractivity contribution in [3.63, 3.8) is 0 Å². The highest BCUT2D eigenvalue weighted by molar-refractivity contribution is 6.35. The maximum absolute atomic E-state index is 12.8. The van der Waals surface area contributed by atoms with Crippen LogP contribution in [-0.4, -0.2) is 29.9 Å². The predicted octanol–water partition coefficient (Wildman–Crippen LogP) is 3.96. The summed E-state index contributed by atoms with van der Waals surface area (Å²) in [5, 5.41) is 6.41. The predicted molar refractivity (Wildman–Crippen MR) is 107 cm³/mol. The lowest BCUT2D eigenvalue weighted by molar-refractivity contribution is -0.122. The third-order valence-corrected chi connectivity index (χ3v) is 6.02. The van der Waals surface area contributed by atoms with Gasteiger partial charge < -0.3 is 15.4 Å². The van der Waals surface area contributed by atoms with Crippen LogP contribution in [0, 0.1) is 0 Å². The maximum Gasteiger partial charge on any atom is 0.251 e. The number of carbonyl (C=O) groups excluding carboxylic acids is 2. The van der Waals surface area contributed by atoms with Crippen molar-refractivity contribution in [1.82, 2.24) is 10.3 Å². The summed E-state index contributed by atoms with van der Waals surface area (Å²) < 4.78 is 5.95. The number of nitrogens with one attached hydrogen (secondary N) is 2. The molecular weight excluding hydrogens is 401 g/mol. The summed E-state index contributed by atoms with van der Waals surface area (Å²) in [7, 11) is 1.59. The second-order valence-electron chi connectivity index (χ2n) is 7.13. The molecule has 0 unspecified atom stereocenters. The van der Waals surface area contributed by atoms with Crippen molar-refractivity contribution in [2.24, 2.45) is 0 Å². The van der Waals surface area contributed by atoms with Crippen molar-refractivity contribution in [3.8, 4) is 5.88 Å². The summed E-state index contributed by atoms with van der Waals surface area (Å²) in [4.78, 5) is 29.0. The van der Waals surface area contributed by atoms with E-state index in [-0.39, 0.29) is 17.9 Å². The van der Waals surface area contributed by atoms with E-state index in [4.69, 9.17) is 27.9 Å². The highest BCUT2D eigenvalue weighted by atomic mass is 35.5. The summed E-state index contributed by atoms with van der Waals surface area (Å²) >= 11 is 12.0. The van der Waals surface area contributed by atoms with E-state index in [1.165, 1.54) is 6.20 Å². The zero-order valence-electron chi connectivity index (χ0n) is 15.2. The average Bonchev–Trinajstić information content (AvgIpc) is 2.96. The number of carbonyl (C=O) groups is 2. The number of hydrogen-bond donors (Lipinski definition) is 2. The van der Waals surface area contributed by atoms with Crippen molar-refractivity contribution < 1.29 is 14.3 Å². The fraction of sp³-hybridized carbons (Fsp3) is 0.350. The minimum Gasteiger partial charge on any atom is -0.473 e. The Balaban J connectivity index is 1.54. The largest absolute Gasteiger partial charge is 0.473 e. The monoisotopic (exact) mass is 419 g/mol. The maximum atomic E-state index is 12.8. The van der Waals surface area contributed by atoms with Crippen LogP contribution in [0.4, 0.5) is 5.69 Å². The minimum absolute atomic E-state index is 0.0161. The number of nitrogens with zero attached hydrogens (tertiary/aromatic N) is 1. The number of anilines is 1. The Hall–Kier alpha value is -2.31. The first-order valence-corrected chi connectivity index (χ1v) is 9.84. The first-order valence-electron chi connectivity index (χ1n) is 9.09. The number of hydrogen-bond acceptors (Lipinski definition) is 4. The zero-order valence-corrected chi connectivity index (χ0v) is 16.7. The van der Waals surface area contributed by atoms with Crippen LogP contribution in [0.1, 0.15) is 41.6 Å². The molecule has 1 aromatic carbocycles. The third-order valence-electron chi connectivity index (χ3n) is 5.55. The molecule has 1 aliphatic heterocycles. The molecule has 4 rings (SSSR count). The van der Waals surface area contributed by atoms with Gasteiger partial charge in [-0.15, -0.1) is 0 Å². The summed E-state index contributed by atoms with van der Waals surface area (Å²) in [6.45, 7) is 0. The van der Waals surface area contributed by atoms with Crippen molar-refractivity contribution in [2.75, 3.05) is 12.4 Å². The molecule has 0 atom stereocenters. The van der Waals surface area contributed by atoms with E-state index in [1.807, 2.05) is 6.07 Å². The number of fused-ring (bicyclic) bond motifs is 2. The summed E-state index contributed by atoms with van der Waals surface area (Å²) in [6, 6.07) is 6.94.